The highest BCUT2D eigenvalue weighted by Gasteiger charge is 2.19. The smallest absolute Gasteiger partial charge is 0.164 e. The Balaban J connectivity index is 1.18. The van der Waals surface area contributed by atoms with E-state index in [1.807, 2.05) is 60.8 Å². The lowest BCUT2D eigenvalue weighted by Crippen LogP contribution is -2.00. The van der Waals surface area contributed by atoms with E-state index in [2.05, 4.69) is 108 Å². The van der Waals surface area contributed by atoms with Crippen molar-refractivity contribution >= 4 is 21.9 Å². The molecule has 0 N–H and O–H groups in total. The van der Waals surface area contributed by atoms with Gasteiger partial charge < -0.3 is 4.42 Å². The zero-order valence-electron chi connectivity index (χ0n) is 26.4. The van der Waals surface area contributed by atoms with Crippen LogP contribution in [0, 0.1) is 0 Å². The number of hydrogen-bond donors (Lipinski definition) is 0. The second-order valence-corrected chi connectivity index (χ2v) is 11.9. The molecule has 3 heterocycles. The molecule has 0 spiro atoms. The van der Waals surface area contributed by atoms with Crippen LogP contribution in [0.1, 0.15) is 0 Å². The first kappa shape index (κ1) is 28.5. The fraction of sp³-hybridized carbons (Fsp3) is 0. The molecule has 230 valence electrons. The van der Waals surface area contributed by atoms with E-state index in [0.29, 0.717) is 17.5 Å². The van der Waals surface area contributed by atoms with Gasteiger partial charge in [-0.1, -0.05) is 146 Å². The summed E-state index contributed by atoms with van der Waals surface area (Å²) < 4.78 is 6.62. The summed E-state index contributed by atoms with van der Waals surface area (Å²) in [7, 11) is 0. The van der Waals surface area contributed by atoms with Crippen molar-refractivity contribution in [2.24, 2.45) is 0 Å². The maximum Gasteiger partial charge on any atom is 0.164 e. The fourth-order valence-corrected chi connectivity index (χ4v) is 6.42. The minimum absolute atomic E-state index is 0.593. The molecule has 0 saturated carbocycles. The van der Waals surface area contributed by atoms with Crippen molar-refractivity contribution in [3.63, 3.8) is 0 Å². The molecule has 9 rings (SSSR count). The largest absolute Gasteiger partial charge is 0.455 e. The monoisotopic (exact) mass is 628 g/mol. The molecule has 0 amide bonds. The van der Waals surface area contributed by atoms with Gasteiger partial charge in [-0.2, -0.15) is 0 Å². The molecule has 0 atom stereocenters. The number of hydrogen-bond acceptors (Lipinski definition) is 5. The second-order valence-electron chi connectivity index (χ2n) is 11.9. The Hall–Kier alpha value is -6.72. The number of nitrogens with zero attached hydrogens (tertiary/aromatic N) is 4. The minimum atomic E-state index is 0.593. The topological polar surface area (TPSA) is 64.7 Å². The van der Waals surface area contributed by atoms with Crippen molar-refractivity contribution in [1.29, 1.82) is 0 Å². The molecule has 49 heavy (non-hydrogen) atoms. The zero-order valence-corrected chi connectivity index (χ0v) is 26.4. The molecule has 0 unspecified atom stereocenters. The molecule has 5 nitrogen and oxygen atoms in total. The third-order valence-corrected chi connectivity index (χ3v) is 8.87. The molecule has 0 fully saturated rings. The molecule has 0 radical (unpaired) electrons. The van der Waals surface area contributed by atoms with Gasteiger partial charge in [0.1, 0.15) is 11.2 Å². The number of aromatic nitrogens is 4. The molecule has 0 bridgehead atoms. The van der Waals surface area contributed by atoms with Crippen molar-refractivity contribution in [1.82, 2.24) is 19.9 Å². The SMILES string of the molecule is c1ccc(-c2ccc(-c3nc(-c4ccccc4)nc(-c4cccc5oc6c(-c7ccc(-c8cccnc8)cc7)cccc6c45)n3)cc2)cc1. The molecule has 0 aliphatic carbocycles. The molecule has 0 aliphatic rings. The highest BCUT2D eigenvalue weighted by atomic mass is 16.3. The summed E-state index contributed by atoms with van der Waals surface area (Å²) in [5.74, 6) is 1.82. The van der Waals surface area contributed by atoms with Crippen LogP contribution in [-0.2, 0) is 0 Å². The van der Waals surface area contributed by atoms with Gasteiger partial charge in [-0.3, -0.25) is 4.98 Å². The zero-order chi connectivity index (χ0) is 32.6. The van der Waals surface area contributed by atoms with E-state index in [9.17, 15) is 0 Å². The summed E-state index contributed by atoms with van der Waals surface area (Å²) in [5.41, 5.74) is 10.9. The fourth-order valence-electron chi connectivity index (χ4n) is 6.42. The average Bonchev–Trinajstić information content (AvgIpc) is 3.58. The number of rotatable bonds is 6. The lowest BCUT2D eigenvalue weighted by molar-refractivity contribution is 0.670. The van der Waals surface area contributed by atoms with Crippen LogP contribution in [0.15, 0.2) is 175 Å². The lowest BCUT2D eigenvalue weighted by atomic mass is 9.98. The van der Waals surface area contributed by atoms with Crippen LogP contribution < -0.4 is 0 Å². The lowest BCUT2D eigenvalue weighted by Gasteiger charge is -2.10. The van der Waals surface area contributed by atoms with Gasteiger partial charge >= 0.3 is 0 Å². The van der Waals surface area contributed by atoms with Gasteiger partial charge in [-0.05, 0) is 39.9 Å². The molecule has 0 aliphatic heterocycles. The Labute approximate surface area is 283 Å². The number of furan rings is 1. The van der Waals surface area contributed by atoms with E-state index in [4.69, 9.17) is 19.4 Å². The summed E-state index contributed by atoms with van der Waals surface area (Å²) in [6, 6.07) is 53.8. The van der Waals surface area contributed by atoms with E-state index >= 15 is 0 Å². The average molecular weight is 629 g/mol. The first-order chi connectivity index (χ1) is 24.3. The quantitative estimate of drug-likeness (QED) is 0.183. The van der Waals surface area contributed by atoms with Gasteiger partial charge in [0.15, 0.2) is 17.5 Å². The van der Waals surface area contributed by atoms with E-state index in [1.165, 1.54) is 0 Å². The summed E-state index contributed by atoms with van der Waals surface area (Å²) in [4.78, 5) is 19.4. The van der Waals surface area contributed by atoms with Crippen molar-refractivity contribution < 1.29 is 4.42 Å². The summed E-state index contributed by atoms with van der Waals surface area (Å²) >= 11 is 0. The van der Waals surface area contributed by atoms with E-state index < -0.39 is 0 Å². The first-order valence-electron chi connectivity index (χ1n) is 16.2. The Morgan fingerprint density at radius 1 is 0.367 bits per heavy atom. The third kappa shape index (κ3) is 5.33. The van der Waals surface area contributed by atoms with Crippen LogP contribution in [0.5, 0.6) is 0 Å². The van der Waals surface area contributed by atoms with E-state index in [-0.39, 0.29) is 0 Å². The Kier molecular flexibility index (Phi) is 7.06. The van der Waals surface area contributed by atoms with Crippen LogP contribution in [0.3, 0.4) is 0 Å². The van der Waals surface area contributed by atoms with Crippen molar-refractivity contribution in [3.8, 4) is 67.5 Å². The van der Waals surface area contributed by atoms with Gasteiger partial charge in [0.05, 0.1) is 0 Å². The Morgan fingerprint density at radius 3 is 1.59 bits per heavy atom. The van der Waals surface area contributed by atoms with Crippen LogP contribution in [0.2, 0.25) is 0 Å². The molecule has 5 heteroatoms. The third-order valence-electron chi connectivity index (χ3n) is 8.87. The van der Waals surface area contributed by atoms with E-state index in [1.54, 1.807) is 6.20 Å². The van der Waals surface area contributed by atoms with Gasteiger partial charge in [0.25, 0.3) is 0 Å². The number of benzene rings is 6. The highest BCUT2D eigenvalue weighted by Crippen LogP contribution is 2.40. The van der Waals surface area contributed by atoms with Crippen LogP contribution in [-0.4, -0.2) is 19.9 Å². The van der Waals surface area contributed by atoms with Crippen LogP contribution >= 0.6 is 0 Å². The predicted molar refractivity (Wildman–Crippen MR) is 198 cm³/mol. The molecular weight excluding hydrogens is 601 g/mol. The van der Waals surface area contributed by atoms with Gasteiger partial charge in [0.2, 0.25) is 0 Å². The maximum atomic E-state index is 6.62. The van der Waals surface area contributed by atoms with Crippen LogP contribution in [0.4, 0.5) is 0 Å². The van der Waals surface area contributed by atoms with Gasteiger partial charge in [-0.25, -0.2) is 15.0 Å². The summed E-state index contributed by atoms with van der Waals surface area (Å²) in [6.45, 7) is 0. The molecule has 0 saturated heterocycles. The molecular formula is C44H28N4O. The Morgan fingerprint density at radius 2 is 0.898 bits per heavy atom. The highest BCUT2D eigenvalue weighted by molar-refractivity contribution is 6.15. The second kappa shape index (κ2) is 12.1. The molecule has 3 aromatic heterocycles. The number of fused-ring (bicyclic) bond motifs is 3. The summed E-state index contributed by atoms with van der Waals surface area (Å²) in [5, 5.41) is 1.98. The van der Waals surface area contributed by atoms with E-state index in [0.717, 1.165) is 72.0 Å². The molecule has 6 aromatic carbocycles. The number of pyridine rings is 1. The predicted octanol–water partition coefficient (Wildman–Crippen LogP) is 11.2. The standard InChI is InChI=1S/C44H28N4O/c1-3-10-29(11-4-1)30-21-25-34(26-22-30)43-46-42(33-12-5-2-6-13-33)47-44(48-43)38-17-8-18-39-40(38)37-16-7-15-36(41(37)49-39)32-23-19-31(20-24-32)35-14-9-27-45-28-35/h1-28H. The van der Waals surface area contributed by atoms with Crippen molar-refractivity contribution in [2.45, 2.75) is 0 Å². The summed E-state index contributed by atoms with van der Waals surface area (Å²) in [6.07, 6.45) is 3.67. The van der Waals surface area contributed by atoms with Crippen LogP contribution in [0.25, 0.3) is 89.5 Å². The minimum Gasteiger partial charge on any atom is -0.455 e. The number of para-hydroxylation sites is 1. The van der Waals surface area contributed by atoms with Crippen molar-refractivity contribution in [2.75, 3.05) is 0 Å². The van der Waals surface area contributed by atoms with Gasteiger partial charge in [-0.15, -0.1) is 0 Å². The first-order valence-corrected chi connectivity index (χ1v) is 16.2. The van der Waals surface area contributed by atoms with Gasteiger partial charge in [0, 0.05) is 45.4 Å². The van der Waals surface area contributed by atoms with Crippen molar-refractivity contribution in [3.05, 3.63) is 170 Å². The normalized spacial score (nSPS) is 11.3. The Bertz CT molecular complexity index is 2560. The molecule has 9 aromatic rings. The maximum absolute atomic E-state index is 6.62.